The number of rotatable bonds is 3. The van der Waals surface area contributed by atoms with Crippen molar-refractivity contribution in [2.45, 2.75) is 6.42 Å². The fourth-order valence-electron chi connectivity index (χ4n) is 1.43. The van der Waals surface area contributed by atoms with Crippen LogP contribution in [-0.4, -0.2) is 45.5 Å². The quantitative estimate of drug-likeness (QED) is 0.624. The van der Waals surface area contributed by atoms with E-state index < -0.39 is 11.2 Å². The summed E-state index contributed by atoms with van der Waals surface area (Å²) < 4.78 is 0. The Morgan fingerprint density at radius 2 is 1.94 bits per heavy atom. The molecular formula is C9H13N5O2. The van der Waals surface area contributed by atoms with E-state index in [0.717, 1.165) is 6.54 Å². The molecule has 0 fully saturated rings. The minimum Gasteiger partial charge on any atom is -0.336 e. The van der Waals surface area contributed by atoms with Gasteiger partial charge in [0.05, 0.1) is 0 Å². The zero-order chi connectivity index (χ0) is 11.7. The maximum absolute atomic E-state index is 11.4. The van der Waals surface area contributed by atoms with E-state index in [1.165, 1.54) is 0 Å². The number of nitrogens with one attached hydrogen (secondary N) is 3. The van der Waals surface area contributed by atoms with Gasteiger partial charge in [-0.2, -0.15) is 0 Å². The summed E-state index contributed by atoms with van der Waals surface area (Å²) in [5.74, 6) is 0.691. The summed E-state index contributed by atoms with van der Waals surface area (Å²) in [6.45, 7) is 0.821. The smallest absolute Gasteiger partial charge is 0.327 e. The number of fused-ring (bicyclic) bond motifs is 1. The Morgan fingerprint density at radius 3 is 2.62 bits per heavy atom. The first-order chi connectivity index (χ1) is 7.56. The van der Waals surface area contributed by atoms with Crippen LogP contribution in [0.5, 0.6) is 0 Å². The van der Waals surface area contributed by atoms with Gasteiger partial charge in [0, 0.05) is 13.0 Å². The van der Waals surface area contributed by atoms with E-state index in [0.29, 0.717) is 23.4 Å². The summed E-state index contributed by atoms with van der Waals surface area (Å²) in [6.07, 6.45) is 0.698. The molecule has 0 aliphatic rings. The average Bonchev–Trinajstić information content (AvgIpc) is 2.57. The van der Waals surface area contributed by atoms with E-state index in [1.807, 2.05) is 19.0 Å². The molecule has 0 aliphatic heterocycles. The number of aromatic nitrogens is 4. The Hall–Kier alpha value is -1.89. The molecule has 0 bridgehead atoms. The molecule has 0 spiro atoms. The highest BCUT2D eigenvalue weighted by atomic mass is 16.2. The van der Waals surface area contributed by atoms with Crippen molar-refractivity contribution < 1.29 is 0 Å². The first kappa shape index (κ1) is 10.6. The predicted octanol–water partition coefficient (Wildman–Crippen LogP) is -0.956. The fourth-order valence-corrected chi connectivity index (χ4v) is 1.43. The molecule has 2 aromatic heterocycles. The van der Waals surface area contributed by atoms with Crippen LogP contribution in [0.4, 0.5) is 0 Å². The van der Waals surface area contributed by atoms with Crippen molar-refractivity contribution in [3.8, 4) is 0 Å². The van der Waals surface area contributed by atoms with Gasteiger partial charge < -0.3 is 9.88 Å². The van der Waals surface area contributed by atoms with Gasteiger partial charge in [0.25, 0.3) is 5.56 Å². The lowest BCUT2D eigenvalue weighted by atomic mass is 10.4. The largest absolute Gasteiger partial charge is 0.336 e. The van der Waals surface area contributed by atoms with Crippen LogP contribution in [0.15, 0.2) is 9.59 Å². The monoisotopic (exact) mass is 223 g/mol. The number of nitrogens with zero attached hydrogens (tertiary/aromatic N) is 2. The lowest BCUT2D eigenvalue weighted by Gasteiger charge is -2.06. The molecule has 0 unspecified atom stereocenters. The average molecular weight is 223 g/mol. The van der Waals surface area contributed by atoms with Gasteiger partial charge in [-0.1, -0.05) is 0 Å². The Labute approximate surface area is 90.5 Å². The second kappa shape index (κ2) is 3.93. The number of H-pyrrole nitrogens is 3. The van der Waals surface area contributed by atoms with E-state index >= 15 is 0 Å². The fraction of sp³-hybridized carbons (Fsp3) is 0.444. The lowest BCUT2D eigenvalue weighted by Crippen LogP contribution is -2.21. The molecule has 0 aliphatic carbocycles. The molecular weight excluding hydrogens is 210 g/mol. The second-order valence-electron chi connectivity index (χ2n) is 3.87. The van der Waals surface area contributed by atoms with Crippen LogP contribution in [0.25, 0.3) is 11.2 Å². The van der Waals surface area contributed by atoms with Crippen molar-refractivity contribution in [3.63, 3.8) is 0 Å². The minimum absolute atomic E-state index is 0.308. The molecule has 0 radical (unpaired) electrons. The lowest BCUT2D eigenvalue weighted by molar-refractivity contribution is 0.410. The van der Waals surface area contributed by atoms with Crippen molar-refractivity contribution >= 4 is 11.2 Å². The summed E-state index contributed by atoms with van der Waals surface area (Å²) in [6, 6.07) is 0. The third-order valence-corrected chi connectivity index (χ3v) is 2.23. The molecule has 86 valence electrons. The van der Waals surface area contributed by atoms with E-state index in [1.54, 1.807) is 0 Å². The highest BCUT2D eigenvalue weighted by Crippen LogP contribution is 2.02. The van der Waals surface area contributed by atoms with Gasteiger partial charge in [-0.3, -0.25) is 14.8 Å². The van der Waals surface area contributed by atoms with Crippen molar-refractivity contribution in [2.24, 2.45) is 0 Å². The SMILES string of the molecule is CN(C)CCc1nc2[nH]c(=O)[nH]c(=O)c2[nH]1. The van der Waals surface area contributed by atoms with E-state index in [-0.39, 0.29) is 0 Å². The van der Waals surface area contributed by atoms with Crippen LogP contribution in [-0.2, 0) is 6.42 Å². The number of aromatic amines is 3. The first-order valence-electron chi connectivity index (χ1n) is 4.92. The molecule has 7 nitrogen and oxygen atoms in total. The summed E-state index contributed by atoms with van der Waals surface area (Å²) in [7, 11) is 3.91. The standard InChI is InChI=1S/C9H13N5O2/c1-14(2)4-3-5-10-6-7(11-5)12-9(16)13-8(6)15/h3-4H2,1-2H3,(H3,10,11,12,13,15,16). The summed E-state index contributed by atoms with van der Waals surface area (Å²) in [4.78, 5) is 36.1. The first-order valence-corrected chi connectivity index (χ1v) is 4.92. The normalized spacial score (nSPS) is 11.4. The maximum atomic E-state index is 11.4. The molecule has 16 heavy (non-hydrogen) atoms. The van der Waals surface area contributed by atoms with E-state index in [9.17, 15) is 9.59 Å². The number of hydrogen-bond acceptors (Lipinski definition) is 4. The number of imidazole rings is 1. The van der Waals surface area contributed by atoms with Crippen LogP contribution < -0.4 is 11.2 Å². The summed E-state index contributed by atoms with van der Waals surface area (Å²) in [5.41, 5.74) is -0.360. The van der Waals surface area contributed by atoms with Gasteiger partial charge in [0.15, 0.2) is 5.65 Å². The van der Waals surface area contributed by atoms with Crippen molar-refractivity contribution in [3.05, 3.63) is 26.7 Å². The van der Waals surface area contributed by atoms with Crippen LogP contribution in [0.3, 0.4) is 0 Å². The summed E-state index contributed by atoms with van der Waals surface area (Å²) in [5, 5.41) is 0. The van der Waals surface area contributed by atoms with Crippen LogP contribution >= 0.6 is 0 Å². The van der Waals surface area contributed by atoms with Gasteiger partial charge >= 0.3 is 5.69 Å². The zero-order valence-corrected chi connectivity index (χ0v) is 9.13. The Bertz CT molecular complexity index is 606. The highest BCUT2D eigenvalue weighted by Gasteiger charge is 2.07. The zero-order valence-electron chi connectivity index (χ0n) is 9.13. The van der Waals surface area contributed by atoms with Gasteiger partial charge in [0.2, 0.25) is 0 Å². The third kappa shape index (κ3) is 2.03. The molecule has 0 amide bonds. The van der Waals surface area contributed by atoms with Crippen LogP contribution in [0.1, 0.15) is 5.82 Å². The molecule has 7 heteroatoms. The molecule has 3 N–H and O–H groups in total. The third-order valence-electron chi connectivity index (χ3n) is 2.23. The van der Waals surface area contributed by atoms with Gasteiger partial charge in [-0.15, -0.1) is 0 Å². The Morgan fingerprint density at radius 1 is 1.19 bits per heavy atom. The second-order valence-corrected chi connectivity index (χ2v) is 3.87. The number of likely N-dealkylation sites (N-methyl/N-ethyl adjacent to an activating group) is 1. The van der Waals surface area contributed by atoms with Crippen LogP contribution in [0, 0.1) is 0 Å². The molecule has 2 heterocycles. The summed E-state index contributed by atoms with van der Waals surface area (Å²) >= 11 is 0. The predicted molar refractivity (Wildman–Crippen MR) is 59.6 cm³/mol. The van der Waals surface area contributed by atoms with Gasteiger partial charge in [-0.25, -0.2) is 9.78 Å². The molecule has 2 rings (SSSR count). The van der Waals surface area contributed by atoms with Crippen molar-refractivity contribution in [1.29, 1.82) is 0 Å². The van der Waals surface area contributed by atoms with Gasteiger partial charge in [0.1, 0.15) is 11.3 Å². The Kier molecular flexibility index (Phi) is 2.61. The molecule has 0 atom stereocenters. The van der Waals surface area contributed by atoms with Crippen molar-refractivity contribution in [2.75, 3.05) is 20.6 Å². The molecule has 0 saturated heterocycles. The number of hydrogen-bond donors (Lipinski definition) is 3. The minimum atomic E-state index is -0.539. The highest BCUT2D eigenvalue weighted by molar-refractivity contribution is 5.68. The van der Waals surface area contributed by atoms with Crippen LogP contribution in [0.2, 0.25) is 0 Å². The van der Waals surface area contributed by atoms with E-state index in [4.69, 9.17) is 0 Å². The molecule has 0 aromatic carbocycles. The maximum Gasteiger partial charge on any atom is 0.327 e. The van der Waals surface area contributed by atoms with Gasteiger partial charge in [-0.05, 0) is 14.1 Å². The molecule has 2 aromatic rings. The van der Waals surface area contributed by atoms with Crippen molar-refractivity contribution in [1.82, 2.24) is 24.8 Å². The Balaban J connectivity index is 2.40. The van der Waals surface area contributed by atoms with E-state index in [2.05, 4.69) is 19.9 Å². The molecule has 0 saturated carbocycles. The topological polar surface area (TPSA) is 97.6 Å².